The summed E-state index contributed by atoms with van der Waals surface area (Å²) in [5.41, 5.74) is 3.56. The second-order valence-electron chi connectivity index (χ2n) is 8.43. The van der Waals surface area contributed by atoms with Crippen LogP contribution >= 0.6 is 11.3 Å². The monoisotopic (exact) mass is 492 g/mol. The highest BCUT2D eigenvalue weighted by Crippen LogP contribution is 2.41. The number of ether oxygens (including phenoxy) is 3. The van der Waals surface area contributed by atoms with E-state index in [1.165, 1.54) is 12.0 Å². The maximum absolute atomic E-state index is 13.4. The third kappa shape index (κ3) is 5.38. The molecule has 1 amide bonds. The van der Waals surface area contributed by atoms with Gasteiger partial charge in [-0.25, -0.2) is 9.79 Å². The summed E-state index contributed by atoms with van der Waals surface area (Å²) in [5, 5.41) is 3.65. The van der Waals surface area contributed by atoms with Crippen LogP contribution in [0.1, 0.15) is 50.1 Å². The Morgan fingerprint density at radius 1 is 1.06 bits per heavy atom. The van der Waals surface area contributed by atoms with Crippen LogP contribution < -0.4 is 14.8 Å². The molecule has 4 rings (SSSR count). The molecular formula is C27H28N2O5S. The van der Waals surface area contributed by atoms with Gasteiger partial charge >= 0.3 is 5.97 Å². The molecule has 0 saturated carbocycles. The van der Waals surface area contributed by atoms with Crippen molar-refractivity contribution in [3.8, 4) is 11.5 Å². The summed E-state index contributed by atoms with van der Waals surface area (Å²) in [7, 11) is 4.52. The number of benzene rings is 2. The van der Waals surface area contributed by atoms with E-state index in [2.05, 4.69) is 12.2 Å². The molecule has 1 N–H and O–H groups in total. The van der Waals surface area contributed by atoms with Crippen molar-refractivity contribution < 1.29 is 23.8 Å². The average molecular weight is 493 g/mol. The van der Waals surface area contributed by atoms with E-state index in [-0.39, 0.29) is 5.91 Å². The lowest BCUT2D eigenvalue weighted by Crippen LogP contribution is -2.16. The SMILES string of the molecule is COC(=O)c1ccc(NC(=O)c2c(N=Cc3ccc(OC)c(OC)c3)sc3c2CC[C@@H](C)C3)cc1. The predicted molar refractivity (Wildman–Crippen MR) is 138 cm³/mol. The molecule has 0 unspecified atom stereocenters. The molecule has 0 saturated heterocycles. The molecule has 1 aliphatic carbocycles. The predicted octanol–water partition coefficient (Wildman–Crippen LogP) is 5.68. The molecule has 0 aliphatic heterocycles. The van der Waals surface area contributed by atoms with Crippen molar-refractivity contribution in [1.82, 2.24) is 0 Å². The van der Waals surface area contributed by atoms with Gasteiger partial charge in [0.15, 0.2) is 11.5 Å². The number of aliphatic imine (C=N–C) groups is 1. The molecule has 1 atom stereocenters. The minimum absolute atomic E-state index is 0.206. The van der Waals surface area contributed by atoms with Crippen LogP contribution in [0.25, 0.3) is 0 Å². The quantitative estimate of drug-likeness (QED) is 0.339. The van der Waals surface area contributed by atoms with E-state index in [1.54, 1.807) is 56.0 Å². The Morgan fingerprint density at radius 3 is 2.49 bits per heavy atom. The van der Waals surface area contributed by atoms with Gasteiger partial charge in [-0.1, -0.05) is 6.92 Å². The molecule has 8 heteroatoms. The fourth-order valence-corrected chi connectivity index (χ4v) is 5.48. The van der Waals surface area contributed by atoms with Gasteiger partial charge in [0.05, 0.1) is 32.5 Å². The Labute approximate surface area is 208 Å². The molecule has 0 bridgehead atoms. The van der Waals surface area contributed by atoms with Crippen LogP contribution in [-0.4, -0.2) is 39.4 Å². The summed E-state index contributed by atoms with van der Waals surface area (Å²) in [6.45, 7) is 2.23. The molecule has 7 nitrogen and oxygen atoms in total. The van der Waals surface area contributed by atoms with E-state index < -0.39 is 5.97 Å². The maximum Gasteiger partial charge on any atom is 0.337 e. The van der Waals surface area contributed by atoms with E-state index in [4.69, 9.17) is 19.2 Å². The van der Waals surface area contributed by atoms with Gasteiger partial charge in [0.1, 0.15) is 5.00 Å². The zero-order valence-electron chi connectivity index (χ0n) is 20.2. The minimum atomic E-state index is -0.421. The number of thiophene rings is 1. The normalized spacial score (nSPS) is 14.9. The third-order valence-corrected chi connectivity index (χ3v) is 7.18. The number of nitrogens with one attached hydrogen (secondary N) is 1. The van der Waals surface area contributed by atoms with Crippen molar-refractivity contribution in [2.24, 2.45) is 10.9 Å². The second kappa shape index (κ2) is 10.7. The fourth-order valence-electron chi connectivity index (χ4n) is 4.13. The van der Waals surface area contributed by atoms with Crippen LogP contribution in [-0.2, 0) is 17.6 Å². The second-order valence-corrected chi connectivity index (χ2v) is 9.51. The Hall–Kier alpha value is -3.65. The summed E-state index contributed by atoms with van der Waals surface area (Å²) in [6.07, 6.45) is 4.57. The van der Waals surface area contributed by atoms with E-state index >= 15 is 0 Å². The van der Waals surface area contributed by atoms with Crippen molar-refractivity contribution in [3.05, 3.63) is 69.6 Å². The fraction of sp³-hybridized carbons (Fsp3) is 0.296. The van der Waals surface area contributed by atoms with Gasteiger partial charge in [-0.2, -0.15) is 0 Å². The van der Waals surface area contributed by atoms with Crippen molar-refractivity contribution in [2.45, 2.75) is 26.2 Å². The highest BCUT2D eigenvalue weighted by atomic mass is 32.1. The minimum Gasteiger partial charge on any atom is -0.493 e. The van der Waals surface area contributed by atoms with Gasteiger partial charge in [0, 0.05) is 16.8 Å². The molecule has 1 aromatic heterocycles. The van der Waals surface area contributed by atoms with Crippen molar-refractivity contribution in [2.75, 3.05) is 26.6 Å². The molecule has 182 valence electrons. The molecule has 2 aromatic carbocycles. The number of nitrogens with zero attached hydrogens (tertiary/aromatic N) is 1. The first kappa shape index (κ1) is 24.5. The average Bonchev–Trinajstić information content (AvgIpc) is 3.24. The molecular weight excluding hydrogens is 464 g/mol. The number of amides is 1. The largest absolute Gasteiger partial charge is 0.493 e. The van der Waals surface area contributed by atoms with Crippen LogP contribution in [0.2, 0.25) is 0 Å². The van der Waals surface area contributed by atoms with Crippen LogP contribution in [0.4, 0.5) is 10.7 Å². The number of carbonyl (C=O) groups excluding carboxylic acids is 2. The molecule has 1 aliphatic rings. The summed E-state index contributed by atoms with van der Waals surface area (Å²) in [6, 6.07) is 12.2. The molecule has 3 aromatic rings. The van der Waals surface area contributed by atoms with Gasteiger partial charge in [-0.05, 0) is 78.8 Å². The lowest BCUT2D eigenvalue weighted by Gasteiger charge is -2.18. The zero-order valence-corrected chi connectivity index (χ0v) is 21.0. The topological polar surface area (TPSA) is 86.2 Å². The Morgan fingerprint density at radius 2 is 1.80 bits per heavy atom. The number of hydrogen-bond acceptors (Lipinski definition) is 7. The first-order valence-corrected chi connectivity index (χ1v) is 12.2. The van der Waals surface area contributed by atoms with Gasteiger partial charge in [-0.3, -0.25) is 4.79 Å². The number of esters is 1. The van der Waals surface area contributed by atoms with Crippen molar-refractivity contribution in [3.63, 3.8) is 0 Å². The summed E-state index contributed by atoms with van der Waals surface area (Å²) < 4.78 is 15.4. The van der Waals surface area contributed by atoms with Crippen molar-refractivity contribution >= 4 is 40.1 Å². The Kier molecular flexibility index (Phi) is 7.51. The van der Waals surface area contributed by atoms with Crippen LogP contribution in [0.15, 0.2) is 47.5 Å². The smallest absolute Gasteiger partial charge is 0.337 e. The highest BCUT2D eigenvalue weighted by Gasteiger charge is 2.27. The number of carbonyl (C=O) groups is 2. The summed E-state index contributed by atoms with van der Waals surface area (Å²) in [5.74, 6) is 1.20. The van der Waals surface area contributed by atoms with Crippen LogP contribution in [0.3, 0.4) is 0 Å². The summed E-state index contributed by atoms with van der Waals surface area (Å²) >= 11 is 1.57. The summed E-state index contributed by atoms with van der Waals surface area (Å²) in [4.78, 5) is 31.0. The van der Waals surface area contributed by atoms with Gasteiger partial charge in [-0.15, -0.1) is 11.3 Å². The van der Waals surface area contributed by atoms with Crippen LogP contribution in [0, 0.1) is 5.92 Å². The maximum atomic E-state index is 13.4. The molecule has 35 heavy (non-hydrogen) atoms. The number of hydrogen-bond donors (Lipinski definition) is 1. The lowest BCUT2D eigenvalue weighted by atomic mass is 9.88. The van der Waals surface area contributed by atoms with E-state index in [1.807, 2.05) is 18.2 Å². The van der Waals surface area contributed by atoms with E-state index in [0.717, 1.165) is 30.4 Å². The molecule has 1 heterocycles. The van der Waals surface area contributed by atoms with Gasteiger partial charge in [0.25, 0.3) is 5.91 Å². The number of rotatable bonds is 7. The van der Waals surface area contributed by atoms with Gasteiger partial charge < -0.3 is 19.5 Å². The zero-order chi connectivity index (χ0) is 24.9. The molecule has 0 fully saturated rings. The number of fused-ring (bicyclic) bond motifs is 1. The van der Waals surface area contributed by atoms with E-state index in [0.29, 0.717) is 39.2 Å². The standard InChI is InChI=1S/C27H28N2O5S/c1-16-5-11-20-23(13-16)35-26(28-15-17-6-12-21(32-2)22(14-17)33-3)24(20)25(30)29-19-9-7-18(8-10-19)27(31)34-4/h6-10,12,14-16H,5,11,13H2,1-4H3,(H,29,30)/t16-/m1/s1. The first-order chi connectivity index (χ1) is 16.9. The molecule has 0 radical (unpaired) electrons. The molecule has 0 spiro atoms. The third-order valence-electron chi connectivity index (χ3n) is 6.02. The van der Waals surface area contributed by atoms with E-state index in [9.17, 15) is 9.59 Å². The first-order valence-electron chi connectivity index (χ1n) is 11.3. The Bertz CT molecular complexity index is 1260. The number of methoxy groups -OCH3 is 3. The lowest BCUT2D eigenvalue weighted by molar-refractivity contribution is 0.0600. The highest BCUT2D eigenvalue weighted by molar-refractivity contribution is 7.16. The van der Waals surface area contributed by atoms with Gasteiger partial charge in [0.2, 0.25) is 0 Å². The van der Waals surface area contributed by atoms with Crippen molar-refractivity contribution in [1.29, 1.82) is 0 Å². The van der Waals surface area contributed by atoms with Crippen LogP contribution in [0.5, 0.6) is 11.5 Å². The number of anilines is 1. The Balaban J connectivity index is 1.64.